The molecule has 3 atom stereocenters. The summed E-state index contributed by atoms with van der Waals surface area (Å²) in [5.41, 5.74) is 0.357. The van der Waals surface area contributed by atoms with E-state index in [9.17, 15) is 4.79 Å². The fraction of sp³-hybridized carbons (Fsp3) is 0.909. The van der Waals surface area contributed by atoms with Gasteiger partial charge in [0.25, 0.3) is 0 Å². The summed E-state index contributed by atoms with van der Waals surface area (Å²) in [5.74, 6) is 0.731. The summed E-state index contributed by atoms with van der Waals surface area (Å²) in [5, 5.41) is 0. The largest absolute Gasteiger partial charge is 0.462 e. The normalized spacial score (nSPS) is 42.3. The van der Waals surface area contributed by atoms with Gasteiger partial charge in [0.2, 0.25) is 0 Å². The fourth-order valence-corrected chi connectivity index (χ4v) is 3.24. The molecule has 0 saturated heterocycles. The molecule has 0 aliphatic heterocycles. The van der Waals surface area contributed by atoms with Gasteiger partial charge in [0.1, 0.15) is 6.10 Å². The maximum Gasteiger partial charge on any atom is 0.302 e. The third-order valence-electron chi connectivity index (χ3n) is 3.99. The van der Waals surface area contributed by atoms with Crippen LogP contribution in [-0.2, 0) is 9.53 Å². The Balaban J connectivity index is 2.08. The van der Waals surface area contributed by atoms with Crippen molar-refractivity contribution >= 4 is 5.97 Å². The highest BCUT2D eigenvalue weighted by atomic mass is 16.5. The highest BCUT2D eigenvalue weighted by molar-refractivity contribution is 5.66. The van der Waals surface area contributed by atoms with Gasteiger partial charge in [-0.25, -0.2) is 0 Å². The van der Waals surface area contributed by atoms with Crippen LogP contribution < -0.4 is 0 Å². The van der Waals surface area contributed by atoms with Crippen molar-refractivity contribution in [3.63, 3.8) is 0 Å². The number of ether oxygens (including phenoxy) is 1. The van der Waals surface area contributed by atoms with Crippen LogP contribution in [0.25, 0.3) is 0 Å². The van der Waals surface area contributed by atoms with Crippen LogP contribution in [0.15, 0.2) is 0 Å². The predicted octanol–water partition coefficient (Wildman–Crippen LogP) is 2.52. The Morgan fingerprint density at radius 3 is 2.92 bits per heavy atom. The standard InChI is InChI=1S/C11H18O2/c1-3-11-5-4-9(7-11)6-10(11)13-8(2)12/h9-10H,3-7H2,1-2H3. The zero-order chi connectivity index (χ0) is 9.47. The van der Waals surface area contributed by atoms with E-state index in [1.807, 2.05) is 0 Å². The molecule has 0 aromatic carbocycles. The Hall–Kier alpha value is -0.530. The number of esters is 1. The van der Waals surface area contributed by atoms with Gasteiger partial charge in [0.15, 0.2) is 0 Å². The molecule has 0 amide bonds. The molecule has 13 heavy (non-hydrogen) atoms. The molecule has 2 nitrogen and oxygen atoms in total. The quantitative estimate of drug-likeness (QED) is 0.613. The average Bonchev–Trinajstić information content (AvgIpc) is 2.60. The monoisotopic (exact) mass is 182 g/mol. The second-order valence-electron chi connectivity index (χ2n) is 4.66. The third kappa shape index (κ3) is 1.36. The van der Waals surface area contributed by atoms with E-state index in [1.54, 1.807) is 0 Å². The molecular formula is C11H18O2. The van der Waals surface area contributed by atoms with Crippen molar-refractivity contribution < 1.29 is 9.53 Å². The zero-order valence-electron chi connectivity index (χ0n) is 8.51. The van der Waals surface area contributed by atoms with Crippen molar-refractivity contribution in [3.05, 3.63) is 0 Å². The lowest BCUT2D eigenvalue weighted by Crippen LogP contribution is -2.33. The molecule has 2 rings (SSSR count). The fourth-order valence-electron chi connectivity index (χ4n) is 3.24. The van der Waals surface area contributed by atoms with E-state index < -0.39 is 0 Å². The van der Waals surface area contributed by atoms with Crippen LogP contribution in [0.3, 0.4) is 0 Å². The molecule has 0 spiro atoms. The van der Waals surface area contributed by atoms with Crippen LogP contribution in [0.5, 0.6) is 0 Å². The van der Waals surface area contributed by atoms with Gasteiger partial charge >= 0.3 is 5.97 Å². The molecule has 2 aliphatic rings. The first-order valence-electron chi connectivity index (χ1n) is 5.33. The van der Waals surface area contributed by atoms with E-state index in [0.29, 0.717) is 5.41 Å². The van der Waals surface area contributed by atoms with Gasteiger partial charge in [0.05, 0.1) is 0 Å². The second kappa shape index (κ2) is 3.00. The van der Waals surface area contributed by atoms with Crippen LogP contribution >= 0.6 is 0 Å². The van der Waals surface area contributed by atoms with Crippen LogP contribution in [0.2, 0.25) is 0 Å². The van der Waals surface area contributed by atoms with Crippen molar-refractivity contribution in [2.75, 3.05) is 0 Å². The van der Waals surface area contributed by atoms with E-state index in [-0.39, 0.29) is 12.1 Å². The number of rotatable bonds is 2. The molecule has 3 unspecified atom stereocenters. The number of hydrogen-bond donors (Lipinski definition) is 0. The van der Waals surface area contributed by atoms with Gasteiger partial charge in [0, 0.05) is 12.3 Å². The first kappa shape index (κ1) is 9.04. The summed E-state index contributed by atoms with van der Waals surface area (Å²) >= 11 is 0. The predicted molar refractivity (Wildman–Crippen MR) is 50.2 cm³/mol. The summed E-state index contributed by atoms with van der Waals surface area (Å²) in [6, 6.07) is 0. The summed E-state index contributed by atoms with van der Waals surface area (Å²) in [6.07, 6.45) is 6.43. The van der Waals surface area contributed by atoms with Crippen molar-refractivity contribution in [2.24, 2.45) is 11.3 Å². The molecule has 0 N–H and O–H groups in total. The number of carbonyl (C=O) groups excluding carboxylic acids is 1. The van der Waals surface area contributed by atoms with Crippen LogP contribution in [0, 0.1) is 11.3 Å². The highest BCUT2D eigenvalue weighted by Crippen LogP contribution is 2.57. The minimum Gasteiger partial charge on any atom is -0.462 e. The third-order valence-corrected chi connectivity index (χ3v) is 3.99. The Bertz CT molecular complexity index is 224. The molecule has 2 saturated carbocycles. The lowest BCUT2D eigenvalue weighted by Gasteiger charge is -2.33. The molecule has 2 bridgehead atoms. The average molecular weight is 182 g/mol. The molecule has 2 heteroatoms. The molecule has 2 fully saturated rings. The minimum absolute atomic E-state index is 0.106. The first-order valence-corrected chi connectivity index (χ1v) is 5.33. The first-order chi connectivity index (χ1) is 6.16. The topological polar surface area (TPSA) is 26.3 Å². The Morgan fingerprint density at radius 2 is 2.38 bits per heavy atom. The molecule has 74 valence electrons. The number of carbonyl (C=O) groups is 1. The van der Waals surface area contributed by atoms with Crippen LogP contribution in [-0.4, -0.2) is 12.1 Å². The van der Waals surface area contributed by atoms with Crippen molar-refractivity contribution in [3.8, 4) is 0 Å². The maximum absolute atomic E-state index is 10.9. The lowest BCUT2D eigenvalue weighted by atomic mass is 9.79. The van der Waals surface area contributed by atoms with Gasteiger partial charge in [-0.3, -0.25) is 4.79 Å². The molecule has 0 radical (unpaired) electrons. The Morgan fingerprint density at radius 1 is 1.62 bits per heavy atom. The number of fused-ring (bicyclic) bond motifs is 2. The van der Waals surface area contributed by atoms with Crippen LogP contribution in [0.4, 0.5) is 0 Å². The molecular weight excluding hydrogens is 164 g/mol. The molecule has 2 aliphatic carbocycles. The second-order valence-corrected chi connectivity index (χ2v) is 4.66. The van der Waals surface area contributed by atoms with Crippen molar-refractivity contribution in [1.29, 1.82) is 0 Å². The summed E-state index contributed by atoms with van der Waals surface area (Å²) in [6.45, 7) is 3.75. The van der Waals surface area contributed by atoms with E-state index >= 15 is 0 Å². The lowest BCUT2D eigenvalue weighted by molar-refractivity contribution is -0.153. The van der Waals surface area contributed by atoms with E-state index in [4.69, 9.17) is 4.74 Å². The van der Waals surface area contributed by atoms with Gasteiger partial charge in [-0.05, 0) is 38.0 Å². The minimum atomic E-state index is -0.106. The smallest absolute Gasteiger partial charge is 0.302 e. The summed E-state index contributed by atoms with van der Waals surface area (Å²) in [4.78, 5) is 10.9. The van der Waals surface area contributed by atoms with Gasteiger partial charge < -0.3 is 4.74 Å². The van der Waals surface area contributed by atoms with Gasteiger partial charge in [-0.1, -0.05) is 6.92 Å². The van der Waals surface area contributed by atoms with Crippen molar-refractivity contribution in [1.82, 2.24) is 0 Å². The molecule has 0 aromatic heterocycles. The van der Waals surface area contributed by atoms with Gasteiger partial charge in [-0.2, -0.15) is 0 Å². The van der Waals surface area contributed by atoms with Gasteiger partial charge in [-0.15, -0.1) is 0 Å². The SMILES string of the molecule is CCC12CCC(CC1OC(C)=O)C2. The van der Waals surface area contributed by atoms with E-state index in [1.165, 1.54) is 32.6 Å². The zero-order valence-corrected chi connectivity index (χ0v) is 8.51. The summed E-state index contributed by atoms with van der Waals surface area (Å²) in [7, 11) is 0. The Labute approximate surface area is 79.7 Å². The van der Waals surface area contributed by atoms with Crippen molar-refractivity contribution in [2.45, 2.75) is 52.1 Å². The van der Waals surface area contributed by atoms with E-state index in [2.05, 4.69) is 6.92 Å². The highest BCUT2D eigenvalue weighted by Gasteiger charge is 2.52. The summed E-state index contributed by atoms with van der Waals surface area (Å²) < 4.78 is 5.40. The van der Waals surface area contributed by atoms with Crippen LogP contribution in [0.1, 0.15) is 46.0 Å². The van der Waals surface area contributed by atoms with E-state index in [0.717, 1.165) is 12.3 Å². The number of hydrogen-bond acceptors (Lipinski definition) is 2. The molecule has 0 aromatic rings. The molecule has 0 heterocycles. The Kier molecular flexibility index (Phi) is 2.09. The maximum atomic E-state index is 10.9.